The van der Waals surface area contributed by atoms with Crippen LogP contribution in [0, 0.1) is 5.92 Å². The van der Waals surface area contributed by atoms with E-state index in [-0.39, 0.29) is 43.4 Å². The number of unbranched alkanes of at least 4 members (excludes halogenated alkanes) is 1. The second-order valence-corrected chi connectivity index (χ2v) is 18.9. The molecule has 0 bridgehead atoms. The molecule has 356 valence electrons. The van der Waals surface area contributed by atoms with Gasteiger partial charge in [0.25, 0.3) is 5.91 Å². The molecule has 0 radical (unpaired) electrons. The topological polar surface area (TPSA) is 280 Å². The molecule has 2 aliphatic rings. The Morgan fingerprint density at radius 3 is 2.28 bits per heavy atom. The molecule has 22 heteroatoms. The van der Waals surface area contributed by atoms with Gasteiger partial charge in [-0.2, -0.15) is 11.8 Å². The molecule has 3 heterocycles. The molecule has 19 nitrogen and oxygen atoms in total. The van der Waals surface area contributed by atoms with Crippen molar-refractivity contribution in [2.45, 2.75) is 115 Å². The summed E-state index contributed by atoms with van der Waals surface area (Å²) in [5.74, 6) is -5.19. The molecule has 2 fully saturated rings. The van der Waals surface area contributed by atoms with E-state index in [2.05, 4.69) is 37.0 Å². The van der Waals surface area contributed by atoms with E-state index < -0.39 is 83.5 Å². The maximum Gasteiger partial charge on any atom is 0.264 e. The highest BCUT2D eigenvalue weighted by molar-refractivity contribution is 7.99. The largest absolute Gasteiger partial charge is 0.370 e. The predicted molar refractivity (Wildman–Crippen MR) is 250 cm³/mol. The number of aliphatic imine (C=N–C) groups is 1. The second-order valence-electron chi connectivity index (χ2n) is 16.3. The second kappa shape index (κ2) is 25.9. The summed E-state index contributed by atoms with van der Waals surface area (Å²) in [4.78, 5) is 117. The fourth-order valence-electron chi connectivity index (χ4n) is 7.32. The van der Waals surface area contributed by atoms with Crippen molar-refractivity contribution < 1.29 is 38.4 Å². The zero-order valence-corrected chi connectivity index (χ0v) is 39.6. The van der Waals surface area contributed by atoms with E-state index in [1.165, 1.54) is 41.8 Å². The van der Waals surface area contributed by atoms with Crippen LogP contribution >= 0.6 is 34.7 Å². The number of nitrogens with one attached hydrogen (secondary N) is 6. The summed E-state index contributed by atoms with van der Waals surface area (Å²) in [6.45, 7) is 6.90. The van der Waals surface area contributed by atoms with Gasteiger partial charge in [-0.1, -0.05) is 43.6 Å². The highest BCUT2D eigenvalue weighted by atomic mass is 35.5. The van der Waals surface area contributed by atoms with Crippen molar-refractivity contribution in [3.8, 4) is 0 Å². The number of hydrazine groups is 1. The average molecular weight is 961 g/mol. The van der Waals surface area contributed by atoms with Crippen molar-refractivity contribution in [3.05, 3.63) is 57.2 Å². The first-order valence-electron chi connectivity index (χ1n) is 21.7. The van der Waals surface area contributed by atoms with E-state index in [9.17, 15) is 38.4 Å². The number of hydrogen-bond donors (Lipinski definition) is 8. The van der Waals surface area contributed by atoms with Crippen LogP contribution in [-0.2, 0) is 51.2 Å². The summed E-state index contributed by atoms with van der Waals surface area (Å²) < 4.78 is 0. The number of thiophene rings is 1. The summed E-state index contributed by atoms with van der Waals surface area (Å²) in [5, 5.41) is 17.2. The van der Waals surface area contributed by atoms with Gasteiger partial charge in [-0.15, -0.1) is 11.3 Å². The number of thioether (sulfide) groups is 1. The van der Waals surface area contributed by atoms with E-state index >= 15 is 0 Å². The van der Waals surface area contributed by atoms with Crippen molar-refractivity contribution in [3.63, 3.8) is 0 Å². The Morgan fingerprint density at radius 1 is 0.908 bits per heavy atom. The smallest absolute Gasteiger partial charge is 0.264 e. The normalized spacial score (nSPS) is 23.1. The molecule has 0 saturated carbocycles. The molecule has 4 rings (SSSR count). The van der Waals surface area contributed by atoms with E-state index in [0.717, 1.165) is 9.89 Å². The Labute approximate surface area is 392 Å². The van der Waals surface area contributed by atoms with Gasteiger partial charge in [0, 0.05) is 61.5 Å². The fourth-order valence-corrected chi connectivity index (χ4v) is 9.22. The number of guanidine groups is 1. The summed E-state index contributed by atoms with van der Waals surface area (Å²) in [6.07, 6.45) is 2.53. The molecule has 2 aromatic rings. The van der Waals surface area contributed by atoms with Crippen molar-refractivity contribution in [2.24, 2.45) is 22.4 Å². The Morgan fingerprint density at radius 2 is 1.62 bits per heavy atom. The van der Waals surface area contributed by atoms with Gasteiger partial charge in [-0.25, -0.2) is 5.01 Å². The molecule has 2 aliphatic heterocycles. The lowest BCUT2D eigenvalue weighted by atomic mass is 10.0. The van der Waals surface area contributed by atoms with Gasteiger partial charge in [-0.05, 0) is 79.8 Å². The van der Waals surface area contributed by atoms with E-state index in [4.69, 9.17) is 23.1 Å². The van der Waals surface area contributed by atoms with Crippen LogP contribution in [0.5, 0.6) is 0 Å². The number of rotatable bonds is 13. The Hall–Kier alpha value is -5.41. The maximum absolute atomic E-state index is 14.6. The quantitative estimate of drug-likeness (QED) is 0.0788. The zero-order chi connectivity index (χ0) is 47.6. The Kier molecular flexibility index (Phi) is 20.8. The number of nitrogens with zero attached hydrogens (tertiary/aromatic N) is 3. The number of likely N-dealkylation sites (tertiary alicyclic amines) is 1. The van der Waals surface area contributed by atoms with Crippen molar-refractivity contribution >= 4 is 87.9 Å². The molecule has 10 N–H and O–H groups in total. The molecule has 1 aromatic heterocycles. The van der Waals surface area contributed by atoms with Gasteiger partial charge in [-0.3, -0.25) is 48.8 Å². The molecule has 2 saturated heterocycles. The molecule has 0 aliphatic carbocycles. The first kappa shape index (κ1) is 52.2. The maximum atomic E-state index is 14.6. The lowest BCUT2D eigenvalue weighted by Crippen LogP contribution is -2.64. The number of carbonyl (C=O) groups is 8. The van der Waals surface area contributed by atoms with Crippen LogP contribution in [0.25, 0.3) is 0 Å². The Balaban J connectivity index is 1.65. The van der Waals surface area contributed by atoms with Crippen molar-refractivity contribution in [1.82, 2.24) is 41.9 Å². The van der Waals surface area contributed by atoms with E-state index in [1.54, 1.807) is 44.2 Å². The molecule has 8 amide bonds. The van der Waals surface area contributed by atoms with Gasteiger partial charge < -0.3 is 43.0 Å². The minimum absolute atomic E-state index is 0.0110. The van der Waals surface area contributed by atoms with Gasteiger partial charge >= 0.3 is 0 Å². The number of nitrogens with two attached hydrogens (primary N) is 2. The third-order valence-electron chi connectivity index (χ3n) is 10.7. The molecule has 0 unspecified atom stereocenters. The van der Waals surface area contributed by atoms with Crippen molar-refractivity contribution in [2.75, 3.05) is 31.1 Å². The molecule has 6 atom stereocenters. The SMILES string of the molecule is CC(=O)NN1C(=O)[C@H](C)NC(=O)[C@@H](C(C)C)NC(=O)[C@H](Cc2cccs2)NC(=O)[C@H](Cc2ccc(Cl)cc2)NC(=O)CCCSC[C@H]1C(=O)N1CCC[C@H]1C(=O)NCCCCN=C(N)N. The summed E-state index contributed by atoms with van der Waals surface area (Å²) in [5.41, 5.74) is 14.0. The van der Waals surface area contributed by atoms with E-state index in [0.29, 0.717) is 61.5 Å². The highest BCUT2D eigenvalue weighted by Gasteiger charge is 2.42. The number of benzene rings is 1. The van der Waals surface area contributed by atoms with Crippen LogP contribution in [0.1, 0.15) is 76.7 Å². The minimum atomic E-state index is -1.34. The summed E-state index contributed by atoms with van der Waals surface area (Å²) in [7, 11) is 0. The van der Waals surface area contributed by atoms with Gasteiger partial charge in [0.2, 0.25) is 41.4 Å². The zero-order valence-electron chi connectivity index (χ0n) is 37.2. The number of hydrogen-bond acceptors (Lipinski definition) is 11. The molecule has 65 heavy (non-hydrogen) atoms. The minimum Gasteiger partial charge on any atom is -0.370 e. The third-order valence-corrected chi connectivity index (χ3v) is 13.0. The number of carbonyl (C=O) groups excluding carboxylic acids is 8. The lowest BCUT2D eigenvalue weighted by Gasteiger charge is -2.36. The van der Waals surface area contributed by atoms with E-state index in [1.807, 2.05) is 11.4 Å². The van der Waals surface area contributed by atoms with Crippen LogP contribution in [-0.4, -0.2) is 131 Å². The fraction of sp³-hybridized carbons (Fsp3) is 0.558. The average Bonchev–Trinajstić information content (AvgIpc) is 3.97. The van der Waals surface area contributed by atoms with Crippen LogP contribution in [0.15, 0.2) is 46.8 Å². The molecular formula is C43H62ClN11O8S2. The van der Waals surface area contributed by atoms with Gasteiger partial charge in [0.1, 0.15) is 36.3 Å². The third kappa shape index (κ3) is 16.5. The van der Waals surface area contributed by atoms with Crippen LogP contribution in [0.2, 0.25) is 5.02 Å². The van der Waals surface area contributed by atoms with Crippen LogP contribution in [0.4, 0.5) is 0 Å². The molecule has 1 aromatic carbocycles. The van der Waals surface area contributed by atoms with Crippen molar-refractivity contribution in [1.29, 1.82) is 0 Å². The van der Waals surface area contributed by atoms with Gasteiger partial charge in [0.15, 0.2) is 5.96 Å². The summed E-state index contributed by atoms with van der Waals surface area (Å²) in [6, 6.07) is 3.45. The monoisotopic (exact) mass is 959 g/mol. The van der Waals surface area contributed by atoms with Crippen LogP contribution < -0.4 is 43.5 Å². The Bertz CT molecular complexity index is 2000. The number of halogens is 1. The predicted octanol–water partition coefficient (Wildman–Crippen LogP) is 0.738. The molecular weight excluding hydrogens is 898 g/mol. The summed E-state index contributed by atoms with van der Waals surface area (Å²) >= 11 is 8.75. The standard InChI is InChI=1S/C43H62ClN11O8S2/c1-25(2)36-40(61)49-26(3)41(62)55(53-27(4)56)34(42(63)54-19-7-11-33(54)39(60)47-17-5-6-18-48-43(45)46)24-64-20-9-12-35(57)50-31(22-28-13-15-29(44)16-14-28)37(58)51-32(38(59)52-36)23-30-10-8-21-65-30/h8,10,13-16,21,25-26,31-34,36H,5-7,9,11-12,17-20,22-24H2,1-4H3,(H,47,60)(H,49,61)(H,50,57)(H,51,58)(H,52,59)(H,53,56)(H4,45,46,48)/t26-,31-,32-,33-,34-,36+/m0/s1. The lowest BCUT2D eigenvalue weighted by molar-refractivity contribution is -0.154. The highest BCUT2D eigenvalue weighted by Crippen LogP contribution is 2.23. The number of amides is 8. The van der Waals surface area contributed by atoms with Gasteiger partial charge in [0.05, 0.1) is 0 Å². The first-order valence-corrected chi connectivity index (χ1v) is 24.1. The molecule has 0 spiro atoms. The van der Waals surface area contributed by atoms with Crippen LogP contribution in [0.3, 0.4) is 0 Å². The first-order chi connectivity index (χ1) is 30.9.